The van der Waals surface area contributed by atoms with Crippen molar-refractivity contribution in [2.75, 3.05) is 11.5 Å². The van der Waals surface area contributed by atoms with Gasteiger partial charge in [0.15, 0.2) is 0 Å². The molecule has 0 radical (unpaired) electrons. The van der Waals surface area contributed by atoms with Crippen molar-refractivity contribution in [1.82, 2.24) is 0 Å². The van der Waals surface area contributed by atoms with Crippen LogP contribution in [0.1, 0.15) is 33.6 Å². The molecule has 1 saturated heterocycles. The monoisotopic (exact) mass is 233 g/mol. The van der Waals surface area contributed by atoms with Crippen LogP contribution in [-0.4, -0.2) is 27.0 Å². The second-order valence-electron chi connectivity index (χ2n) is 4.57. The molecule has 0 saturated carbocycles. The first-order valence-corrected chi connectivity index (χ1v) is 7.30. The van der Waals surface area contributed by atoms with Crippen molar-refractivity contribution in [3.63, 3.8) is 0 Å². The summed E-state index contributed by atoms with van der Waals surface area (Å²) in [4.78, 5) is 0. The van der Waals surface area contributed by atoms with Crippen LogP contribution in [0.25, 0.3) is 0 Å². The minimum Gasteiger partial charge on any atom is -0.591 e. The predicted molar refractivity (Wildman–Crippen MR) is 66.4 cm³/mol. The van der Waals surface area contributed by atoms with Crippen LogP contribution >= 0.6 is 11.8 Å². The molecule has 4 heteroatoms. The van der Waals surface area contributed by atoms with Crippen LogP contribution in [0.4, 0.5) is 0 Å². The summed E-state index contributed by atoms with van der Waals surface area (Å²) in [6, 6.07) is 0. The summed E-state index contributed by atoms with van der Waals surface area (Å²) in [7, 11) is 0. The van der Waals surface area contributed by atoms with Gasteiger partial charge >= 0.3 is 0 Å². The van der Waals surface area contributed by atoms with Gasteiger partial charge in [-0.2, -0.15) is 11.8 Å². The minimum absolute atomic E-state index is 0.222. The van der Waals surface area contributed by atoms with Gasteiger partial charge < -0.3 is 4.55 Å². The number of rotatable bonds is 2. The maximum atomic E-state index is 11.6. The molecular weight excluding hydrogens is 214 g/mol. The van der Waals surface area contributed by atoms with Crippen molar-refractivity contribution in [1.29, 1.82) is 0 Å². The van der Waals surface area contributed by atoms with Crippen LogP contribution in [0.15, 0.2) is 4.40 Å². The average Bonchev–Trinajstić information content (AvgIpc) is 2.14. The fraction of sp³-hybridized carbons (Fsp3) is 0.900. The van der Waals surface area contributed by atoms with E-state index in [1.54, 1.807) is 0 Å². The third kappa shape index (κ3) is 4.24. The second kappa shape index (κ2) is 5.42. The SMILES string of the molecule is CC(C)(C)[S@+]([O-])N=CC1CCSCC1. The van der Waals surface area contributed by atoms with E-state index in [1.165, 1.54) is 24.3 Å². The topological polar surface area (TPSA) is 35.4 Å². The highest BCUT2D eigenvalue weighted by Crippen LogP contribution is 2.22. The Morgan fingerprint density at radius 2 is 1.93 bits per heavy atom. The van der Waals surface area contributed by atoms with Gasteiger partial charge in [-0.1, -0.05) is 4.40 Å². The molecular formula is C10H19NOS2. The molecule has 0 amide bonds. The van der Waals surface area contributed by atoms with Crippen LogP contribution in [0.2, 0.25) is 0 Å². The summed E-state index contributed by atoms with van der Waals surface area (Å²) >= 11 is 0.925. The van der Waals surface area contributed by atoms with Gasteiger partial charge in [-0.3, -0.25) is 0 Å². The van der Waals surface area contributed by atoms with E-state index in [-0.39, 0.29) is 4.75 Å². The fourth-order valence-electron chi connectivity index (χ4n) is 1.16. The van der Waals surface area contributed by atoms with Crippen LogP contribution < -0.4 is 0 Å². The number of thioether (sulfide) groups is 1. The van der Waals surface area contributed by atoms with E-state index < -0.39 is 11.4 Å². The molecule has 82 valence electrons. The van der Waals surface area contributed by atoms with Gasteiger partial charge in [0.1, 0.15) is 16.1 Å². The molecule has 0 bridgehead atoms. The highest BCUT2D eigenvalue weighted by atomic mass is 32.2. The van der Waals surface area contributed by atoms with Gasteiger partial charge in [0.05, 0.1) is 6.21 Å². The molecule has 2 nitrogen and oxygen atoms in total. The highest BCUT2D eigenvalue weighted by molar-refractivity contribution is 7.99. The Hall–Kier alpha value is 0.330. The zero-order valence-corrected chi connectivity index (χ0v) is 10.8. The first-order valence-electron chi connectivity index (χ1n) is 5.04. The van der Waals surface area contributed by atoms with E-state index in [0.717, 1.165) is 0 Å². The lowest BCUT2D eigenvalue weighted by Gasteiger charge is -2.20. The van der Waals surface area contributed by atoms with Crippen molar-refractivity contribution in [2.45, 2.75) is 38.4 Å². The minimum atomic E-state index is -1.08. The molecule has 0 unspecified atom stereocenters. The summed E-state index contributed by atoms with van der Waals surface area (Å²) < 4.78 is 15.5. The zero-order chi connectivity index (χ0) is 10.6. The Bertz CT molecular complexity index is 195. The molecule has 0 aromatic rings. The first kappa shape index (κ1) is 12.4. The lowest BCUT2D eigenvalue weighted by molar-refractivity contribution is 0.560. The average molecular weight is 233 g/mol. The lowest BCUT2D eigenvalue weighted by atomic mass is 10.1. The van der Waals surface area contributed by atoms with Crippen LogP contribution in [0.3, 0.4) is 0 Å². The first-order chi connectivity index (χ1) is 6.50. The Labute approximate surface area is 94.3 Å². The molecule has 1 fully saturated rings. The largest absolute Gasteiger partial charge is 0.591 e. The van der Waals surface area contributed by atoms with Crippen LogP contribution in [0.5, 0.6) is 0 Å². The lowest BCUT2D eigenvalue weighted by Crippen LogP contribution is -2.26. The molecule has 0 spiro atoms. The molecule has 0 aromatic carbocycles. The quantitative estimate of drug-likeness (QED) is 0.543. The van der Waals surface area contributed by atoms with Gasteiger partial charge in [0.2, 0.25) is 0 Å². The van der Waals surface area contributed by atoms with Gasteiger partial charge in [-0.05, 0) is 45.1 Å². The summed E-state index contributed by atoms with van der Waals surface area (Å²) in [5, 5.41) is 0. The molecule has 0 aromatic heterocycles. The van der Waals surface area contributed by atoms with Crippen LogP contribution in [-0.2, 0) is 11.4 Å². The number of hydrogen-bond acceptors (Lipinski definition) is 3. The van der Waals surface area contributed by atoms with Crippen molar-refractivity contribution in [3.05, 3.63) is 0 Å². The molecule has 1 atom stereocenters. The maximum Gasteiger partial charge on any atom is 0.144 e. The van der Waals surface area contributed by atoms with Gasteiger partial charge in [0, 0.05) is 5.92 Å². The van der Waals surface area contributed by atoms with Gasteiger partial charge in [-0.25, -0.2) is 0 Å². The normalized spacial score (nSPS) is 22.9. The van der Waals surface area contributed by atoms with E-state index in [9.17, 15) is 4.55 Å². The predicted octanol–water partition coefficient (Wildman–Crippen LogP) is 2.66. The van der Waals surface area contributed by atoms with E-state index in [1.807, 2.05) is 38.7 Å². The molecule has 1 aliphatic rings. The van der Waals surface area contributed by atoms with Gasteiger partial charge in [0.25, 0.3) is 0 Å². The van der Waals surface area contributed by atoms with Crippen molar-refractivity contribution < 1.29 is 4.55 Å². The third-order valence-corrected chi connectivity index (χ3v) is 4.57. The summed E-state index contributed by atoms with van der Waals surface area (Å²) in [6.07, 6.45) is 4.30. The van der Waals surface area contributed by atoms with E-state index in [0.29, 0.717) is 5.92 Å². The fourth-order valence-corrected chi connectivity index (χ4v) is 2.91. The van der Waals surface area contributed by atoms with Crippen molar-refractivity contribution in [3.8, 4) is 0 Å². The molecule has 1 aliphatic heterocycles. The number of hydrogen-bond donors (Lipinski definition) is 0. The zero-order valence-electron chi connectivity index (χ0n) is 9.16. The molecule has 14 heavy (non-hydrogen) atoms. The van der Waals surface area contributed by atoms with Crippen LogP contribution in [0, 0.1) is 5.92 Å². The molecule has 0 N–H and O–H groups in total. The number of nitrogens with zero attached hydrogens (tertiary/aromatic N) is 1. The Morgan fingerprint density at radius 1 is 1.36 bits per heavy atom. The maximum absolute atomic E-state index is 11.6. The van der Waals surface area contributed by atoms with E-state index >= 15 is 0 Å². The summed E-state index contributed by atoms with van der Waals surface area (Å²) in [5.74, 6) is 3.00. The molecule has 1 rings (SSSR count). The molecule has 1 heterocycles. The summed E-state index contributed by atoms with van der Waals surface area (Å²) in [6.45, 7) is 5.87. The smallest absolute Gasteiger partial charge is 0.144 e. The van der Waals surface area contributed by atoms with Crippen molar-refractivity contribution >= 4 is 29.3 Å². The third-order valence-electron chi connectivity index (χ3n) is 2.16. The van der Waals surface area contributed by atoms with E-state index in [4.69, 9.17) is 0 Å². The second-order valence-corrected chi connectivity index (χ2v) is 7.72. The standard InChI is InChI=1S/C10H19NOS2/c1-10(2,3)14(12)11-8-9-4-6-13-7-5-9/h8-9H,4-7H2,1-3H3/t14-/m0/s1. The Morgan fingerprint density at radius 3 is 2.43 bits per heavy atom. The molecule has 0 aliphatic carbocycles. The Kier molecular flexibility index (Phi) is 4.80. The van der Waals surface area contributed by atoms with Gasteiger partial charge in [-0.15, -0.1) is 0 Å². The van der Waals surface area contributed by atoms with E-state index in [2.05, 4.69) is 4.40 Å². The van der Waals surface area contributed by atoms with Crippen molar-refractivity contribution in [2.24, 2.45) is 10.3 Å². The summed E-state index contributed by atoms with van der Waals surface area (Å²) in [5.41, 5.74) is 0. The highest BCUT2D eigenvalue weighted by Gasteiger charge is 2.26. The Balaban J connectivity index is 2.38.